The van der Waals surface area contributed by atoms with Gasteiger partial charge in [-0.15, -0.1) is 0 Å². The number of fused-ring (bicyclic) bond motifs is 2. The Morgan fingerprint density at radius 1 is 0.919 bits per heavy atom. The lowest BCUT2D eigenvalue weighted by Gasteiger charge is -2.40. The average Bonchev–Trinajstić information content (AvgIpc) is 2.94. The average molecular weight is 505 g/mol. The third-order valence-corrected chi connectivity index (χ3v) is 7.23. The topological polar surface area (TPSA) is 65.1 Å². The van der Waals surface area contributed by atoms with E-state index in [1.54, 1.807) is 13.2 Å². The Labute approximate surface area is 221 Å². The van der Waals surface area contributed by atoms with E-state index >= 15 is 0 Å². The third kappa shape index (κ3) is 8.17. The Morgan fingerprint density at radius 2 is 1.65 bits per heavy atom. The summed E-state index contributed by atoms with van der Waals surface area (Å²) >= 11 is 0. The van der Waals surface area contributed by atoms with Crippen LogP contribution in [0.3, 0.4) is 0 Å². The number of carbonyl (C=O) groups is 2. The Kier molecular flexibility index (Phi) is 10.1. The number of nitrogens with zero attached hydrogens (tertiary/aromatic N) is 3. The summed E-state index contributed by atoms with van der Waals surface area (Å²) in [7, 11) is 1.64. The van der Waals surface area contributed by atoms with Crippen LogP contribution in [-0.2, 0) is 9.59 Å². The second kappa shape index (κ2) is 14.0. The molecule has 0 aromatic heterocycles. The van der Waals surface area contributed by atoms with E-state index in [0.717, 1.165) is 69.8 Å². The molecule has 0 spiro atoms. The molecule has 7 nitrogen and oxygen atoms in total. The molecule has 0 saturated carbocycles. The molecular weight excluding hydrogens is 464 g/mol. The fraction of sp³-hybridized carbons (Fsp3) is 0.467. The molecule has 198 valence electrons. The largest absolute Gasteiger partial charge is 0.497 e. The van der Waals surface area contributed by atoms with E-state index in [1.807, 2.05) is 41.3 Å². The molecule has 3 atom stereocenters. The van der Waals surface area contributed by atoms with E-state index in [2.05, 4.69) is 39.4 Å². The maximum absolute atomic E-state index is 13.0. The van der Waals surface area contributed by atoms with Crippen LogP contribution in [-0.4, -0.2) is 79.6 Å². The van der Waals surface area contributed by atoms with Gasteiger partial charge in [-0.3, -0.25) is 19.4 Å². The van der Waals surface area contributed by atoms with E-state index < -0.39 is 0 Å². The van der Waals surface area contributed by atoms with Gasteiger partial charge in [-0.05, 0) is 61.6 Å². The van der Waals surface area contributed by atoms with E-state index in [0.29, 0.717) is 19.5 Å². The highest BCUT2D eigenvalue weighted by atomic mass is 16.5. The zero-order valence-electron chi connectivity index (χ0n) is 22.0. The van der Waals surface area contributed by atoms with Crippen LogP contribution in [0.15, 0.2) is 60.7 Å². The first-order valence-electron chi connectivity index (χ1n) is 13.5. The van der Waals surface area contributed by atoms with Gasteiger partial charge in [0.15, 0.2) is 0 Å². The van der Waals surface area contributed by atoms with Crippen molar-refractivity contribution in [1.82, 2.24) is 20.0 Å². The number of rotatable bonds is 4. The van der Waals surface area contributed by atoms with Crippen LogP contribution in [0.25, 0.3) is 6.08 Å². The van der Waals surface area contributed by atoms with Crippen LogP contribution in [0.1, 0.15) is 49.3 Å². The molecule has 0 aliphatic carbocycles. The monoisotopic (exact) mass is 504 g/mol. The van der Waals surface area contributed by atoms with Crippen molar-refractivity contribution in [2.24, 2.45) is 0 Å². The van der Waals surface area contributed by atoms with Gasteiger partial charge in [0, 0.05) is 51.3 Å². The minimum Gasteiger partial charge on any atom is -0.497 e. The molecule has 2 fully saturated rings. The summed E-state index contributed by atoms with van der Waals surface area (Å²) in [6.07, 6.45) is 7.81. The van der Waals surface area contributed by atoms with E-state index in [4.69, 9.17) is 4.74 Å². The van der Waals surface area contributed by atoms with Crippen molar-refractivity contribution in [3.63, 3.8) is 0 Å². The first kappa shape index (κ1) is 26.9. The van der Waals surface area contributed by atoms with Gasteiger partial charge in [-0.25, -0.2) is 0 Å². The summed E-state index contributed by atoms with van der Waals surface area (Å²) in [5.74, 6) is 0.876. The van der Waals surface area contributed by atoms with Gasteiger partial charge in [-0.1, -0.05) is 42.5 Å². The fourth-order valence-electron chi connectivity index (χ4n) is 5.17. The number of nitrogens with one attached hydrogen (secondary N) is 1. The van der Waals surface area contributed by atoms with Gasteiger partial charge in [0.05, 0.1) is 13.8 Å². The molecule has 37 heavy (non-hydrogen) atoms. The van der Waals surface area contributed by atoms with Crippen molar-refractivity contribution < 1.29 is 14.3 Å². The molecule has 7 heteroatoms. The van der Waals surface area contributed by atoms with Crippen molar-refractivity contribution in [2.75, 3.05) is 53.0 Å². The van der Waals surface area contributed by atoms with Gasteiger partial charge >= 0.3 is 0 Å². The van der Waals surface area contributed by atoms with Crippen LogP contribution >= 0.6 is 0 Å². The van der Waals surface area contributed by atoms with Gasteiger partial charge in [0.25, 0.3) is 0 Å². The van der Waals surface area contributed by atoms with Gasteiger partial charge < -0.3 is 15.0 Å². The predicted octanol–water partition coefficient (Wildman–Crippen LogP) is 3.93. The highest BCUT2D eigenvalue weighted by Crippen LogP contribution is 2.27. The summed E-state index contributed by atoms with van der Waals surface area (Å²) in [6.45, 7) is 5.89. The van der Waals surface area contributed by atoms with E-state index in [9.17, 15) is 9.59 Å². The molecule has 2 aromatic rings. The quantitative estimate of drug-likeness (QED) is 0.639. The van der Waals surface area contributed by atoms with Crippen LogP contribution < -0.4 is 10.1 Å². The number of carbonyl (C=O) groups excluding carboxylic acids is 2. The molecule has 2 amide bonds. The Morgan fingerprint density at radius 3 is 2.43 bits per heavy atom. The maximum atomic E-state index is 13.0. The van der Waals surface area contributed by atoms with Gasteiger partial charge in [-0.2, -0.15) is 0 Å². The highest BCUT2D eigenvalue weighted by molar-refractivity contribution is 5.91. The molecule has 4 rings (SSSR count). The summed E-state index contributed by atoms with van der Waals surface area (Å²) in [4.78, 5) is 32.8. The normalized spacial score (nSPS) is 24.1. The number of amides is 2. The second-order valence-corrected chi connectivity index (χ2v) is 9.90. The van der Waals surface area contributed by atoms with Gasteiger partial charge in [0.1, 0.15) is 5.75 Å². The minimum atomic E-state index is 0.0137. The zero-order valence-corrected chi connectivity index (χ0v) is 22.0. The highest BCUT2D eigenvalue weighted by Gasteiger charge is 2.27. The SMILES string of the molecule is COc1ccc(C=CC(=O)N2CCCCN3CCCN(C3)[C@H](c3ccccc3)CC(=O)NCCC2)cc1. The van der Waals surface area contributed by atoms with Crippen LogP contribution in [0.2, 0.25) is 0 Å². The summed E-state index contributed by atoms with van der Waals surface area (Å²) in [5.41, 5.74) is 2.16. The lowest BCUT2D eigenvalue weighted by molar-refractivity contribution is -0.126. The number of methoxy groups -OCH3 is 1. The first-order chi connectivity index (χ1) is 18.1. The molecule has 2 bridgehead atoms. The first-order valence-corrected chi connectivity index (χ1v) is 13.5. The van der Waals surface area contributed by atoms with E-state index in [1.165, 1.54) is 5.56 Å². The van der Waals surface area contributed by atoms with Gasteiger partial charge in [0.2, 0.25) is 11.8 Å². The number of hydrogen-bond acceptors (Lipinski definition) is 5. The fourth-order valence-corrected chi connectivity index (χ4v) is 5.17. The van der Waals surface area contributed by atoms with Crippen molar-refractivity contribution in [3.05, 3.63) is 71.8 Å². The van der Waals surface area contributed by atoms with Crippen molar-refractivity contribution >= 4 is 17.9 Å². The molecular formula is C30H40N4O3. The Bertz CT molecular complexity index is 1020. The molecule has 2 aliphatic rings. The molecule has 2 heterocycles. The third-order valence-electron chi connectivity index (χ3n) is 7.23. The van der Waals surface area contributed by atoms with Crippen LogP contribution in [0, 0.1) is 0 Å². The van der Waals surface area contributed by atoms with Crippen LogP contribution in [0.4, 0.5) is 0 Å². The van der Waals surface area contributed by atoms with Crippen molar-refractivity contribution in [1.29, 1.82) is 0 Å². The van der Waals surface area contributed by atoms with Crippen molar-refractivity contribution in [3.8, 4) is 5.75 Å². The second-order valence-electron chi connectivity index (χ2n) is 9.90. The lowest BCUT2D eigenvalue weighted by atomic mass is 10.0. The van der Waals surface area contributed by atoms with Crippen LogP contribution in [0.5, 0.6) is 5.75 Å². The Hall–Kier alpha value is -3.16. The molecule has 2 aromatic carbocycles. The minimum absolute atomic E-state index is 0.0137. The number of benzene rings is 2. The summed E-state index contributed by atoms with van der Waals surface area (Å²) in [5, 5.41) is 3.11. The number of ether oxygens (including phenoxy) is 1. The summed E-state index contributed by atoms with van der Waals surface area (Å²) in [6, 6.07) is 18.1. The summed E-state index contributed by atoms with van der Waals surface area (Å²) < 4.78 is 5.21. The Balaban J connectivity index is 1.40. The number of hydrogen-bond donors (Lipinski definition) is 1. The smallest absolute Gasteiger partial charge is 0.246 e. The molecule has 1 N–H and O–H groups in total. The molecule has 2 unspecified atom stereocenters. The molecule has 2 aliphatic heterocycles. The van der Waals surface area contributed by atoms with Crippen molar-refractivity contribution in [2.45, 2.75) is 38.1 Å². The standard InChI is InChI=1S/C30H40N4O3/c1-37-27-14-11-25(12-15-27)13-16-30(36)33-20-6-5-18-32-19-8-22-34(24-32)28(26-9-3-2-4-10-26)23-29(35)31-17-7-21-33/h2-4,9-16,28H,5-8,17-24H2,1H3,(H,31,35)/t28-/m0/s1. The lowest BCUT2D eigenvalue weighted by Crippen LogP contribution is -2.47. The predicted molar refractivity (Wildman–Crippen MR) is 147 cm³/mol. The molecule has 2 saturated heterocycles. The molecule has 0 radical (unpaired) electrons. The van der Waals surface area contributed by atoms with E-state index in [-0.39, 0.29) is 17.9 Å². The zero-order chi connectivity index (χ0) is 25.9. The maximum Gasteiger partial charge on any atom is 0.246 e.